The normalized spacial score (nSPS) is 10.6. The van der Waals surface area contributed by atoms with Gasteiger partial charge < -0.3 is 19.3 Å². The first-order valence-electron chi connectivity index (χ1n) is 9.15. The van der Waals surface area contributed by atoms with Crippen LogP contribution < -0.4 is 14.2 Å². The van der Waals surface area contributed by atoms with Gasteiger partial charge in [-0.25, -0.2) is 4.98 Å². The Labute approximate surface area is 178 Å². The van der Waals surface area contributed by atoms with E-state index in [0.717, 1.165) is 32.3 Å². The number of nitrogens with zero attached hydrogens (tertiary/aromatic N) is 2. The maximum Gasteiger partial charge on any atom is 0.203 e. The van der Waals surface area contributed by atoms with Gasteiger partial charge in [-0.1, -0.05) is 0 Å². The van der Waals surface area contributed by atoms with Crippen LogP contribution in [0, 0.1) is 0 Å². The lowest BCUT2D eigenvalue weighted by molar-refractivity contribution is 0.324. The van der Waals surface area contributed by atoms with Crippen LogP contribution in [-0.4, -0.2) is 36.4 Å². The smallest absolute Gasteiger partial charge is 0.203 e. The molecular formula is C23H20N2O4S. The first-order chi connectivity index (χ1) is 14.6. The Morgan fingerprint density at radius 3 is 2.10 bits per heavy atom. The number of thiazole rings is 1. The molecule has 4 aromatic rings. The Bertz CT molecular complexity index is 1130. The highest BCUT2D eigenvalue weighted by Gasteiger charge is 2.20. The molecule has 0 aliphatic carbocycles. The second kappa shape index (κ2) is 8.42. The van der Waals surface area contributed by atoms with Gasteiger partial charge in [0.1, 0.15) is 10.8 Å². The van der Waals surface area contributed by atoms with E-state index in [9.17, 15) is 5.11 Å². The van der Waals surface area contributed by atoms with E-state index in [1.54, 1.807) is 57.2 Å². The Kier molecular flexibility index (Phi) is 5.54. The highest BCUT2D eigenvalue weighted by molar-refractivity contribution is 7.19. The molecule has 0 unspecified atom stereocenters. The Morgan fingerprint density at radius 1 is 0.833 bits per heavy atom. The topological polar surface area (TPSA) is 73.7 Å². The summed E-state index contributed by atoms with van der Waals surface area (Å²) < 4.78 is 16.4. The lowest BCUT2D eigenvalue weighted by Gasteiger charge is -2.13. The fourth-order valence-corrected chi connectivity index (χ4v) is 4.24. The van der Waals surface area contributed by atoms with E-state index in [1.165, 1.54) is 0 Å². The van der Waals surface area contributed by atoms with Crippen LogP contribution in [0.1, 0.15) is 0 Å². The third-order valence-corrected chi connectivity index (χ3v) is 5.76. The van der Waals surface area contributed by atoms with Crippen LogP contribution in [0.2, 0.25) is 0 Å². The number of benzene rings is 2. The lowest BCUT2D eigenvalue weighted by Crippen LogP contribution is -1.95. The number of hydrogen-bond donors (Lipinski definition) is 1. The summed E-state index contributed by atoms with van der Waals surface area (Å²) in [7, 11) is 4.75. The van der Waals surface area contributed by atoms with Gasteiger partial charge in [0.25, 0.3) is 0 Å². The maximum atomic E-state index is 9.68. The van der Waals surface area contributed by atoms with Gasteiger partial charge in [-0.05, 0) is 54.1 Å². The first kappa shape index (κ1) is 19.7. The largest absolute Gasteiger partial charge is 0.508 e. The zero-order chi connectivity index (χ0) is 21.1. The van der Waals surface area contributed by atoms with Crippen LogP contribution in [-0.2, 0) is 0 Å². The summed E-state index contributed by atoms with van der Waals surface area (Å²) in [6.45, 7) is 0. The average molecular weight is 420 g/mol. The van der Waals surface area contributed by atoms with Crippen molar-refractivity contribution in [2.24, 2.45) is 0 Å². The SMILES string of the molecule is COc1cc(-c2nc(-c3cccnc3)c(-c3ccc(O)cc3)s2)cc(OC)c1OC. The van der Waals surface area contributed by atoms with Crippen LogP contribution in [0.15, 0.2) is 60.9 Å². The predicted octanol–water partition coefficient (Wildman–Crippen LogP) is 5.27. The quantitative estimate of drug-likeness (QED) is 0.458. The number of hydrogen-bond acceptors (Lipinski definition) is 7. The molecule has 2 aromatic carbocycles. The Morgan fingerprint density at radius 2 is 1.53 bits per heavy atom. The zero-order valence-electron chi connectivity index (χ0n) is 16.7. The molecule has 0 bridgehead atoms. The third kappa shape index (κ3) is 3.67. The minimum Gasteiger partial charge on any atom is -0.508 e. The molecule has 0 radical (unpaired) electrons. The molecule has 2 aromatic heterocycles. The fourth-order valence-electron chi connectivity index (χ4n) is 3.16. The summed E-state index contributed by atoms with van der Waals surface area (Å²) >= 11 is 1.55. The predicted molar refractivity (Wildman–Crippen MR) is 118 cm³/mol. The number of pyridine rings is 1. The highest BCUT2D eigenvalue weighted by Crippen LogP contribution is 2.45. The number of aromatic hydroxyl groups is 1. The molecule has 0 aliphatic heterocycles. The Hall–Kier alpha value is -3.58. The third-order valence-electron chi connectivity index (χ3n) is 4.60. The van der Waals surface area contributed by atoms with Crippen molar-refractivity contribution in [2.45, 2.75) is 0 Å². The van der Waals surface area contributed by atoms with E-state index < -0.39 is 0 Å². The molecule has 4 rings (SSSR count). The number of phenols is 1. The van der Waals surface area contributed by atoms with Crippen LogP contribution in [0.25, 0.3) is 32.3 Å². The van der Waals surface area contributed by atoms with Gasteiger partial charge in [-0.15, -0.1) is 11.3 Å². The van der Waals surface area contributed by atoms with E-state index in [-0.39, 0.29) is 5.75 Å². The molecule has 0 fully saturated rings. The molecule has 0 aliphatic rings. The summed E-state index contributed by atoms with van der Waals surface area (Å²) in [5.41, 5.74) is 3.55. The molecule has 0 spiro atoms. The van der Waals surface area contributed by atoms with E-state index in [2.05, 4.69) is 4.98 Å². The van der Waals surface area contributed by atoms with Crippen LogP contribution in [0.5, 0.6) is 23.0 Å². The van der Waals surface area contributed by atoms with Gasteiger partial charge in [0, 0.05) is 23.5 Å². The Balaban J connectivity index is 1.91. The van der Waals surface area contributed by atoms with Gasteiger partial charge >= 0.3 is 0 Å². The second-order valence-electron chi connectivity index (χ2n) is 6.40. The molecule has 1 N–H and O–H groups in total. The standard InChI is InChI=1S/C23H20N2O4S/c1-27-18-11-16(12-19(28-2)21(18)29-3)23-25-20(15-5-4-10-24-13-15)22(30-23)14-6-8-17(26)9-7-14/h4-13,26H,1-3H3. The number of rotatable bonds is 6. The maximum absolute atomic E-state index is 9.68. The zero-order valence-corrected chi connectivity index (χ0v) is 17.6. The fraction of sp³-hybridized carbons (Fsp3) is 0.130. The van der Waals surface area contributed by atoms with Crippen LogP contribution >= 0.6 is 11.3 Å². The van der Waals surface area contributed by atoms with Crippen LogP contribution in [0.3, 0.4) is 0 Å². The van der Waals surface area contributed by atoms with Crippen molar-refractivity contribution in [3.05, 3.63) is 60.9 Å². The summed E-state index contributed by atoms with van der Waals surface area (Å²) in [4.78, 5) is 10.1. The van der Waals surface area contributed by atoms with E-state index >= 15 is 0 Å². The lowest BCUT2D eigenvalue weighted by atomic mass is 10.1. The minimum absolute atomic E-state index is 0.219. The van der Waals surface area contributed by atoms with E-state index in [4.69, 9.17) is 19.2 Å². The first-order valence-corrected chi connectivity index (χ1v) is 9.97. The van der Waals surface area contributed by atoms with Gasteiger partial charge in [-0.2, -0.15) is 0 Å². The molecule has 7 heteroatoms. The second-order valence-corrected chi connectivity index (χ2v) is 7.40. The van der Waals surface area contributed by atoms with Crippen molar-refractivity contribution < 1.29 is 19.3 Å². The average Bonchev–Trinajstić information content (AvgIpc) is 3.24. The summed E-state index contributed by atoms with van der Waals surface area (Å²) in [6.07, 6.45) is 3.52. The van der Waals surface area contributed by atoms with Crippen molar-refractivity contribution in [3.8, 4) is 55.3 Å². The van der Waals surface area contributed by atoms with Gasteiger partial charge in [0.15, 0.2) is 11.5 Å². The molecule has 0 saturated carbocycles. The molecule has 0 amide bonds. The van der Waals surface area contributed by atoms with E-state index in [1.807, 2.05) is 36.4 Å². The molecular weight excluding hydrogens is 400 g/mol. The number of phenolic OH excluding ortho intramolecular Hbond substituents is 1. The van der Waals surface area contributed by atoms with Crippen molar-refractivity contribution >= 4 is 11.3 Å². The molecule has 0 saturated heterocycles. The number of ether oxygens (including phenoxy) is 3. The van der Waals surface area contributed by atoms with E-state index in [0.29, 0.717) is 17.2 Å². The van der Waals surface area contributed by atoms with Crippen molar-refractivity contribution in [1.82, 2.24) is 9.97 Å². The van der Waals surface area contributed by atoms with Crippen molar-refractivity contribution in [2.75, 3.05) is 21.3 Å². The van der Waals surface area contributed by atoms with Gasteiger partial charge in [0.05, 0.1) is 31.9 Å². The highest BCUT2D eigenvalue weighted by atomic mass is 32.1. The van der Waals surface area contributed by atoms with Gasteiger partial charge in [-0.3, -0.25) is 4.98 Å². The summed E-state index contributed by atoms with van der Waals surface area (Å²) in [5, 5.41) is 10.5. The molecule has 30 heavy (non-hydrogen) atoms. The summed E-state index contributed by atoms with van der Waals surface area (Å²) in [5.74, 6) is 1.88. The molecule has 152 valence electrons. The molecule has 2 heterocycles. The van der Waals surface area contributed by atoms with Crippen molar-refractivity contribution in [3.63, 3.8) is 0 Å². The summed E-state index contributed by atoms with van der Waals surface area (Å²) in [6, 6.07) is 14.7. The minimum atomic E-state index is 0.219. The van der Waals surface area contributed by atoms with Crippen molar-refractivity contribution in [1.29, 1.82) is 0 Å². The number of aromatic nitrogens is 2. The number of methoxy groups -OCH3 is 3. The molecule has 0 atom stereocenters. The monoisotopic (exact) mass is 420 g/mol. The van der Waals surface area contributed by atoms with Crippen LogP contribution in [0.4, 0.5) is 0 Å². The van der Waals surface area contributed by atoms with Gasteiger partial charge in [0.2, 0.25) is 5.75 Å². The molecule has 6 nitrogen and oxygen atoms in total.